The molecule has 2 aromatic heterocycles. The first kappa shape index (κ1) is 12.6. The topological polar surface area (TPSA) is 99.8 Å². The van der Waals surface area contributed by atoms with Gasteiger partial charge in [0.05, 0.1) is 15.6 Å². The van der Waals surface area contributed by atoms with Crippen molar-refractivity contribution in [2.24, 2.45) is 5.73 Å². The number of aromatic nitrogens is 3. The van der Waals surface area contributed by atoms with Gasteiger partial charge < -0.3 is 11.5 Å². The van der Waals surface area contributed by atoms with E-state index in [1.165, 1.54) is 4.68 Å². The Bertz CT molecular complexity index is 807. The van der Waals surface area contributed by atoms with Gasteiger partial charge in [-0.1, -0.05) is 18.2 Å². The fourth-order valence-electron chi connectivity index (χ4n) is 1.94. The van der Waals surface area contributed by atoms with Crippen LogP contribution in [0.15, 0.2) is 41.0 Å². The number of fused-ring (bicyclic) bond motifs is 1. The average molecular weight is 332 g/mol. The number of para-hydroxylation sites is 1. The van der Waals surface area contributed by atoms with E-state index >= 15 is 0 Å². The van der Waals surface area contributed by atoms with E-state index in [1.807, 2.05) is 24.3 Å². The number of carbonyl (C=O) groups is 1. The van der Waals surface area contributed by atoms with Crippen molar-refractivity contribution < 1.29 is 4.79 Å². The zero-order valence-corrected chi connectivity index (χ0v) is 11.8. The number of amides is 1. The van der Waals surface area contributed by atoms with Crippen molar-refractivity contribution in [1.82, 2.24) is 14.8 Å². The molecule has 0 saturated heterocycles. The van der Waals surface area contributed by atoms with Crippen molar-refractivity contribution >= 4 is 38.6 Å². The van der Waals surface area contributed by atoms with Crippen molar-refractivity contribution in [2.75, 3.05) is 5.73 Å². The molecular formula is C13H10BrN5O. The number of carbonyl (C=O) groups excluding carboxylic acids is 1. The number of pyridine rings is 1. The lowest BCUT2D eigenvalue weighted by Crippen LogP contribution is -2.16. The number of halogens is 1. The first-order chi connectivity index (χ1) is 9.56. The molecular weight excluding hydrogens is 322 g/mol. The van der Waals surface area contributed by atoms with Gasteiger partial charge in [-0.05, 0) is 28.1 Å². The molecule has 0 spiro atoms. The Morgan fingerprint density at radius 1 is 1.30 bits per heavy atom. The van der Waals surface area contributed by atoms with Crippen LogP contribution in [-0.2, 0) is 0 Å². The maximum atomic E-state index is 11.6. The summed E-state index contributed by atoms with van der Waals surface area (Å²) in [6, 6.07) is 9.16. The Morgan fingerprint density at radius 2 is 2.05 bits per heavy atom. The third-order valence-electron chi connectivity index (χ3n) is 2.88. The van der Waals surface area contributed by atoms with Gasteiger partial charge >= 0.3 is 0 Å². The molecule has 1 amide bonds. The van der Waals surface area contributed by atoms with Crippen LogP contribution in [0, 0.1) is 0 Å². The SMILES string of the molecule is NC(=O)c1cc2ccccc2nc1-n1cc(Br)c(N)n1. The summed E-state index contributed by atoms with van der Waals surface area (Å²) >= 11 is 3.27. The molecule has 20 heavy (non-hydrogen) atoms. The Balaban J connectivity index is 2.32. The van der Waals surface area contributed by atoms with E-state index in [0.717, 1.165) is 10.9 Å². The Hall–Kier alpha value is -2.41. The molecule has 3 aromatic rings. The van der Waals surface area contributed by atoms with Crippen molar-refractivity contribution in [3.05, 3.63) is 46.6 Å². The molecule has 1 aromatic carbocycles. The van der Waals surface area contributed by atoms with Gasteiger partial charge in [0.1, 0.15) is 0 Å². The maximum absolute atomic E-state index is 11.6. The number of nitrogen functional groups attached to an aromatic ring is 1. The maximum Gasteiger partial charge on any atom is 0.252 e. The fraction of sp³-hybridized carbons (Fsp3) is 0. The van der Waals surface area contributed by atoms with Gasteiger partial charge in [-0.15, -0.1) is 5.10 Å². The summed E-state index contributed by atoms with van der Waals surface area (Å²) in [7, 11) is 0. The number of hydrogen-bond donors (Lipinski definition) is 2. The Labute approximate surface area is 122 Å². The molecule has 7 heteroatoms. The van der Waals surface area contributed by atoms with Crippen LogP contribution in [-0.4, -0.2) is 20.7 Å². The molecule has 0 bridgehead atoms. The molecule has 0 aliphatic carbocycles. The number of rotatable bonds is 2. The van der Waals surface area contributed by atoms with Crippen LogP contribution in [0.2, 0.25) is 0 Å². The molecule has 100 valence electrons. The monoisotopic (exact) mass is 331 g/mol. The zero-order chi connectivity index (χ0) is 14.3. The van der Waals surface area contributed by atoms with Gasteiger partial charge in [0.15, 0.2) is 11.6 Å². The lowest BCUT2D eigenvalue weighted by molar-refractivity contribution is 0.1000. The quantitative estimate of drug-likeness (QED) is 0.748. The number of nitrogens with zero attached hydrogens (tertiary/aromatic N) is 3. The summed E-state index contributed by atoms with van der Waals surface area (Å²) in [5.41, 5.74) is 12.2. The lowest BCUT2D eigenvalue weighted by Gasteiger charge is -2.07. The molecule has 0 atom stereocenters. The van der Waals surface area contributed by atoms with Crippen LogP contribution in [0.3, 0.4) is 0 Å². The van der Waals surface area contributed by atoms with Gasteiger partial charge in [-0.2, -0.15) is 0 Å². The number of benzene rings is 1. The first-order valence-electron chi connectivity index (χ1n) is 5.77. The minimum Gasteiger partial charge on any atom is -0.381 e. The van der Waals surface area contributed by atoms with E-state index in [0.29, 0.717) is 21.7 Å². The van der Waals surface area contributed by atoms with Crippen LogP contribution in [0.1, 0.15) is 10.4 Å². The van der Waals surface area contributed by atoms with Gasteiger partial charge in [-0.25, -0.2) is 9.67 Å². The number of hydrogen-bond acceptors (Lipinski definition) is 4. The number of primary amides is 1. The van der Waals surface area contributed by atoms with Crippen LogP contribution in [0.25, 0.3) is 16.7 Å². The summed E-state index contributed by atoms with van der Waals surface area (Å²) in [5, 5.41) is 4.94. The van der Waals surface area contributed by atoms with Crippen molar-refractivity contribution in [3.8, 4) is 5.82 Å². The van der Waals surface area contributed by atoms with E-state index in [4.69, 9.17) is 11.5 Å². The molecule has 0 aliphatic rings. The van der Waals surface area contributed by atoms with Crippen LogP contribution in [0.4, 0.5) is 5.82 Å². The minimum absolute atomic E-state index is 0.290. The predicted octanol–water partition coefficient (Wildman–Crippen LogP) is 1.86. The molecule has 0 fully saturated rings. The second kappa shape index (κ2) is 4.61. The highest BCUT2D eigenvalue weighted by molar-refractivity contribution is 9.10. The molecule has 6 nitrogen and oxygen atoms in total. The Kier molecular flexibility index (Phi) is 2.90. The Morgan fingerprint density at radius 3 is 2.70 bits per heavy atom. The minimum atomic E-state index is -0.566. The van der Waals surface area contributed by atoms with E-state index < -0.39 is 5.91 Å². The highest BCUT2D eigenvalue weighted by Gasteiger charge is 2.15. The highest BCUT2D eigenvalue weighted by atomic mass is 79.9. The summed E-state index contributed by atoms with van der Waals surface area (Å²) in [6.07, 6.45) is 1.64. The average Bonchev–Trinajstić information content (AvgIpc) is 2.77. The van der Waals surface area contributed by atoms with Crippen molar-refractivity contribution in [1.29, 1.82) is 0 Å². The number of anilines is 1. The lowest BCUT2D eigenvalue weighted by atomic mass is 10.1. The molecule has 0 radical (unpaired) electrons. The first-order valence-corrected chi connectivity index (χ1v) is 6.56. The van der Waals surface area contributed by atoms with Gasteiger partial charge in [0.25, 0.3) is 5.91 Å². The van der Waals surface area contributed by atoms with E-state index in [-0.39, 0.29) is 0 Å². The largest absolute Gasteiger partial charge is 0.381 e. The predicted molar refractivity (Wildman–Crippen MR) is 79.5 cm³/mol. The van der Waals surface area contributed by atoms with E-state index in [2.05, 4.69) is 26.0 Å². The molecule has 0 unspecified atom stereocenters. The van der Waals surface area contributed by atoms with Crippen LogP contribution >= 0.6 is 15.9 Å². The smallest absolute Gasteiger partial charge is 0.252 e. The van der Waals surface area contributed by atoms with Crippen LogP contribution < -0.4 is 11.5 Å². The van der Waals surface area contributed by atoms with Gasteiger partial charge in [-0.3, -0.25) is 4.79 Å². The van der Waals surface area contributed by atoms with Crippen molar-refractivity contribution in [2.45, 2.75) is 0 Å². The summed E-state index contributed by atoms with van der Waals surface area (Å²) in [6.45, 7) is 0. The van der Waals surface area contributed by atoms with Crippen LogP contribution in [0.5, 0.6) is 0 Å². The normalized spacial score (nSPS) is 10.8. The molecule has 0 saturated carbocycles. The summed E-state index contributed by atoms with van der Waals surface area (Å²) in [5.74, 6) is 0.104. The van der Waals surface area contributed by atoms with E-state index in [1.54, 1.807) is 12.3 Å². The summed E-state index contributed by atoms with van der Waals surface area (Å²) in [4.78, 5) is 16.1. The molecule has 0 aliphatic heterocycles. The molecule has 2 heterocycles. The van der Waals surface area contributed by atoms with Gasteiger partial charge in [0.2, 0.25) is 0 Å². The fourth-order valence-corrected chi connectivity index (χ4v) is 2.21. The third kappa shape index (κ3) is 2.01. The summed E-state index contributed by atoms with van der Waals surface area (Å²) < 4.78 is 2.06. The standard InChI is InChI=1S/C13H10BrN5O/c14-9-6-19(18-11(9)15)13-8(12(16)20)5-7-3-1-2-4-10(7)17-13/h1-6H,(H2,15,18)(H2,16,20). The molecule has 4 N–H and O–H groups in total. The second-order valence-corrected chi connectivity index (χ2v) is 5.08. The van der Waals surface area contributed by atoms with E-state index in [9.17, 15) is 4.79 Å². The van der Waals surface area contributed by atoms with Gasteiger partial charge in [0, 0.05) is 11.6 Å². The second-order valence-electron chi connectivity index (χ2n) is 4.22. The third-order valence-corrected chi connectivity index (χ3v) is 3.49. The molecule has 3 rings (SSSR count). The zero-order valence-electron chi connectivity index (χ0n) is 10.2. The number of nitrogens with two attached hydrogens (primary N) is 2. The highest BCUT2D eigenvalue weighted by Crippen LogP contribution is 2.23. The van der Waals surface area contributed by atoms with Crippen molar-refractivity contribution in [3.63, 3.8) is 0 Å².